The molecule has 2 N–H and O–H groups in total. The van der Waals surface area contributed by atoms with Crippen LogP contribution in [-0.4, -0.2) is 15.8 Å². The van der Waals surface area contributed by atoms with E-state index in [1.807, 2.05) is 16.7 Å². The van der Waals surface area contributed by atoms with Crippen LogP contribution in [0.5, 0.6) is 0 Å². The lowest BCUT2D eigenvalue weighted by Crippen LogP contribution is -2.05. The maximum absolute atomic E-state index is 5.66. The molecule has 0 saturated carbocycles. The molecule has 0 atom stereocenters. The van der Waals surface area contributed by atoms with Gasteiger partial charge in [-0.15, -0.1) is 11.8 Å². The molecule has 2 aromatic rings. The van der Waals surface area contributed by atoms with E-state index in [-0.39, 0.29) is 0 Å². The van der Waals surface area contributed by atoms with Crippen molar-refractivity contribution in [2.24, 2.45) is 5.73 Å². The van der Waals surface area contributed by atoms with E-state index >= 15 is 0 Å². The summed E-state index contributed by atoms with van der Waals surface area (Å²) >= 11 is 1.72. The van der Waals surface area contributed by atoms with E-state index in [2.05, 4.69) is 23.4 Å². The topological polar surface area (TPSA) is 43.8 Å². The smallest absolute Gasteiger partial charge is 0.0995 e. The SMILES string of the molecule is CSc1ccccc1-n1cncc1CN. The number of benzene rings is 1. The lowest BCUT2D eigenvalue weighted by atomic mass is 10.3. The minimum absolute atomic E-state index is 0.503. The summed E-state index contributed by atoms with van der Waals surface area (Å²) in [4.78, 5) is 5.35. The van der Waals surface area contributed by atoms with Gasteiger partial charge in [-0.1, -0.05) is 12.1 Å². The third-order valence-corrected chi connectivity index (χ3v) is 3.05. The minimum atomic E-state index is 0.503. The molecule has 1 aromatic heterocycles. The van der Waals surface area contributed by atoms with Gasteiger partial charge in [0.15, 0.2) is 0 Å². The Kier molecular flexibility index (Phi) is 3.08. The Morgan fingerprint density at radius 1 is 1.40 bits per heavy atom. The van der Waals surface area contributed by atoms with E-state index in [0.717, 1.165) is 11.4 Å². The molecule has 0 spiro atoms. The van der Waals surface area contributed by atoms with Gasteiger partial charge in [-0.25, -0.2) is 4.98 Å². The molecular formula is C11H13N3S. The van der Waals surface area contributed by atoms with E-state index in [4.69, 9.17) is 5.73 Å². The van der Waals surface area contributed by atoms with E-state index in [1.54, 1.807) is 24.3 Å². The molecule has 78 valence electrons. The van der Waals surface area contributed by atoms with Crippen LogP contribution < -0.4 is 5.73 Å². The average Bonchev–Trinajstić information content (AvgIpc) is 2.76. The minimum Gasteiger partial charge on any atom is -0.325 e. The molecule has 0 aliphatic carbocycles. The van der Waals surface area contributed by atoms with Crippen molar-refractivity contribution in [3.63, 3.8) is 0 Å². The van der Waals surface area contributed by atoms with Crippen LogP contribution in [0.15, 0.2) is 41.7 Å². The molecule has 0 radical (unpaired) electrons. The van der Waals surface area contributed by atoms with Gasteiger partial charge in [0.25, 0.3) is 0 Å². The Bertz CT molecular complexity index is 451. The molecule has 0 saturated heterocycles. The highest BCUT2D eigenvalue weighted by Crippen LogP contribution is 2.24. The number of hydrogen-bond donors (Lipinski definition) is 1. The van der Waals surface area contributed by atoms with Crippen LogP contribution in [0.2, 0.25) is 0 Å². The number of para-hydroxylation sites is 1. The van der Waals surface area contributed by atoms with Crippen molar-refractivity contribution in [2.45, 2.75) is 11.4 Å². The normalized spacial score (nSPS) is 10.5. The third kappa shape index (κ3) is 1.91. The van der Waals surface area contributed by atoms with Gasteiger partial charge in [-0.05, 0) is 18.4 Å². The number of rotatable bonds is 3. The van der Waals surface area contributed by atoms with E-state index in [9.17, 15) is 0 Å². The summed E-state index contributed by atoms with van der Waals surface area (Å²) in [7, 11) is 0. The highest BCUT2D eigenvalue weighted by atomic mass is 32.2. The van der Waals surface area contributed by atoms with Crippen molar-refractivity contribution in [1.82, 2.24) is 9.55 Å². The summed E-state index contributed by atoms with van der Waals surface area (Å²) in [6, 6.07) is 8.23. The first-order valence-corrected chi connectivity index (χ1v) is 5.94. The van der Waals surface area contributed by atoms with Gasteiger partial charge in [0.1, 0.15) is 0 Å². The molecule has 0 amide bonds. The maximum atomic E-state index is 5.66. The van der Waals surface area contributed by atoms with Crippen molar-refractivity contribution in [3.05, 3.63) is 42.5 Å². The van der Waals surface area contributed by atoms with E-state index in [1.165, 1.54) is 4.90 Å². The number of nitrogens with zero attached hydrogens (tertiary/aromatic N) is 2. The van der Waals surface area contributed by atoms with Crippen molar-refractivity contribution in [2.75, 3.05) is 6.26 Å². The van der Waals surface area contributed by atoms with E-state index in [0.29, 0.717) is 6.54 Å². The van der Waals surface area contributed by atoms with Crippen LogP contribution >= 0.6 is 11.8 Å². The number of aromatic nitrogens is 2. The quantitative estimate of drug-likeness (QED) is 0.803. The van der Waals surface area contributed by atoms with Gasteiger partial charge in [-0.2, -0.15) is 0 Å². The fourth-order valence-corrected chi connectivity index (χ4v) is 2.11. The molecular weight excluding hydrogens is 206 g/mol. The summed E-state index contributed by atoms with van der Waals surface area (Å²) < 4.78 is 2.03. The van der Waals surface area contributed by atoms with Gasteiger partial charge < -0.3 is 10.3 Å². The standard InChI is InChI=1S/C11H13N3S/c1-15-11-5-3-2-4-10(11)14-8-13-7-9(14)6-12/h2-5,7-8H,6,12H2,1H3. The molecule has 1 aromatic carbocycles. The monoisotopic (exact) mass is 219 g/mol. The zero-order chi connectivity index (χ0) is 10.7. The van der Waals surface area contributed by atoms with Gasteiger partial charge in [0.2, 0.25) is 0 Å². The number of thioether (sulfide) groups is 1. The molecule has 0 fully saturated rings. The summed E-state index contributed by atoms with van der Waals surface area (Å²) in [6.07, 6.45) is 5.67. The van der Waals surface area contributed by atoms with Crippen LogP contribution in [0, 0.1) is 0 Å². The Balaban J connectivity index is 2.53. The second kappa shape index (κ2) is 4.51. The zero-order valence-corrected chi connectivity index (χ0v) is 9.37. The van der Waals surface area contributed by atoms with Crippen molar-refractivity contribution in [1.29, 1.82) is 0 Å². The summed E-state index contributed by atoms with van der Waals surface area (Å²) in [6.45, 7) is 0.503. The maximum Gasteiger partial charge on any atom is 0.0995 e. The van der Waals surface area contributed by atoms with Gasteiger partial charge >= 0.3 is 0 Å². The molecule has 0 bridgehead atoms. The first kappa shape index (κ1) is 10.3. The largest absolute Gasteiger partial charge is 0.325 e. The predicted molar refractivity (Wildman–Crippen MR) is 63.2 cm³/mol. The van der Waals surface area contributed by atoms with Gasteiger partial charge in [0, 0.05) is 17.6 Å². The van der Waals surface area contributed by atoms with Crippen LogP contribution in [0.3, 0.4) is 0 Å². The molecule has 0 aliphatic rings. The second-order valence-electron chi connectivity index (χ2n) is 3.13. The fourth-order valence-electron chi connectivity index (χ4n) is 1.52. The molecule has 1 heterocycles. The zero-order valence-electron chi connectivity index (χ0n) is 8.55. The molecule has 15 heavy (non-hydrogen) atoms. The summed E-state index contributed by atoms with van der Waals surface area (Å²) in [5.74, 6) is 0. The van der Waals surface area contributed by atoms with Crippen LogP contribution in [0.1, 0.15) is 5.69 Å². The van der Waals surface area contributed by atoms with E-state index < -0.39 is 0 Å². The molecule has 2 rings (SSSR count). The predicted octanol–water partition coefficient (Wildman–Crippen LogP) is 2.05. The lowest BCUT2D eigenvalue weighted by Gasteiger charge is -2.10. The average molecular weight is 219 g/mol. The third-order valence-electron chi connectivity index (χ3n) is 2.27. The first-order valence-electron chi connectivity index (χ1n) is 4.71. The fraction of sp³-hybridized carbons (Fsp3) is 0.182. The second-order valence-corrected chi connectivity index (χ2v) is 3.98. The summed E-state index contributed by atoms with van der Waals surface area (Å²) in [5, 5.41) is 0. The molecule has 0 aliphatic heterocycles. The highest BCUT2D eigenvalue weighted by molar-refractivity contribution is 7.98. The van der Waals surface area contributed by atoms with Crippen LogP contribution in [-0.2, 0) is 6.54 Å². The molecule has 0 unspecified atom stereocenters. The number of nitrogens with two attached hydrogens (primary N) is 1. The summed E-state index contributed by atoms with van der Waals surface area (Å²) in [5.41, 5.74) is 7.82. The number of hydrogen-bond acceptors (Lipinski definition) is 3. The Morgan fingerprint density at radius 3 is 2.93 bits per heavy atom. The van der Waals surface area contributed by atoms with Gasteiger partial charge in [-0.3, -0.25) is 0 Å². The van der Waals surface area contributed by atoms with Crippen molar-refractivity contribution < 1.29 is 0 Å². The first-order chi connectivity index (χ1) is 7.36. The highest BCUT2D eigenvalue weighted by Gasteiger charge is 2.06. The van der Waals surface area contributed by atoms with Crippen molar-refractivity contribution >= 4 is 11.8 Å². The Hall–Kier alpha value is -1.26. The number of imidazole rings is 1. The lowest BCUT2D eigenvalue weighted by molar-refractivity contribution is 0.896. The molecule has 3 nitrogen and oxygen atoms in total. The van der Waals surface area contributed by atoms with Crippen LogP contribution in [0.25, 0.3) is 5.69 Å². The van der Waals surface area contributed by atoms with Crippen molar-refractivity contribution in [3.8, 4) is 5.69 Å². The molecule has 4 heteroatoms. The van der Waals surface area contributed by atoms with Gasteiger partial charge in [0.05, 0.1) is 17.7 Å². The Morgan fingerprint density at radius 2 is 2.20 bits per heavy atom. The Labute approximate surface area is 93.3 Å². The van der Waals surface area contributed by atoms with Crippen LogP contribution in [0.4, 0.5) is 0 Å².